The first-order valence-electron chi connectivity index (χ1n) is 5.13. The lowest BCUT2D eigenvalue weighted by Gasteiger charge is -2.03. The largest absolute Gasteiger partial charge is 0.348 e. The van der Waals surface area contributed by atoms with Gasteiger partial charge < -0.3 is 5.32 Å². The highest BCUT2D eigenvalue weighted by molar-refractivity contribution is 7.90. The van der Waals surface area contributed by atoms with Crippen molar-refractivity contribution in [3.8, 4) is 0 Å². The summed E-state index contributed by atoms with van der Waals surface area (Å²) in [6.07, 6.45) is 4.25. The lowest BCUT2D eigenvalue weighted by Crippen LogP contribution is -2.20. The van der Waals surface area contributed by atoms with Gasteiger partial charge in [-0.1, -0.05) is 18.2 Å². The Balaban J connectivity index is 2.67. The zero-order chi connectivity index (χ0) is 12.9. The van der Waals surface area contributed by atoms with Crippen molar-refractivity contribution in [3.05, 3.63) is 42.0 Å². The van der Waals surface area contributed by atoms with Gasteiger partial charge in [0.25, 0.3) is 0 Å². The molecular formula is C12H15NO3S. The van der Waals surface area contributed by atoms with Gasteiger partial charge in [-0.2, -0.15) is 0 Å². The molecule has 17 heavy (non-hydrogen) atoms. The van der Waals surface area contributed by atoms with Gasteiger partial charge in [0, 0.05) is 12.8 Å². The lowest BCUT2D eigenvalue weighted by molar-refractivity contribution is -0.116. The molecule has 0 fully saturated rings. The minimum atomic E-state index is -3.16. The van der Waals surface area contributed by atoms with E-state index in [0.717, 1.165) is 11.8 Å². The van der Waals surface area contributed by atoms with Crippen LogP contribution in [0.5, 0.6) is 0 Å². The molecule has 1 aromatic rings. The molecule has 0 bridgehead atoms. The Bertz CT molecular complexity index is 515. The number of sulfone groups is 1. The molecular weight excluding hydrogens is 238 g/mol. The van der Waals surface area contributed by atoms with Crippen molar-refractivity contribution >= 4 is 15.7 Å². The molecule has 0 aliphatic carbocycles. The monoisotopic (exact) mass is 253 g/mol. The minimum absolute atomic E-state index is 0.167. The molecule has 0 unspecified atom stereocenters. The molecule has 1 aromatic carbocycles. The zero-order valence-corrected chi connectivity index (χ0v) is 10.6. The molecule has 1 amide bonds. The number of hydrogen-bond donors (Lipinski definition) is 1. The summed E-state index contributed by atoms with van der Waals surface area (Å²) in [6, 6.07) is 6.44. The van der Waals surface area contributed by atoms with Crippen LogP contribution in [0.25, 0.3) is 0 Å². The number of rotatable bonds is 4. The van der Waals surface area contributed by atoms with Crippen molar-refractivity contribution < 1.29 is 13.2 Å². The van der Waals surface area contributed by atoms with Gasteiger partial charge in [0.1, 0.15) is 0 Å². The van der Waals surface area contributed by atoms with Gasteiger partial charge in [0.15, 0.2) is 9.84 Å². The molecule has 0 saturated carbocycles. The van der Waals surface area contributed by atoms with Crippen LogP contribution < -0.4 is 5.32 Å². The average Bonchev–Trinajstić information content (AvgIpc) is 2.26. The Labute approximate surface area is 101 Å². The topological polar surface area (TPSA) is 63.2 Å². The summed E-state index contributed by atoms with van der Waals surface area (Å²) >= 11 is 0. The highest BCUT2D eigenvalue weighted by Crippen LogP contribution is 2.09. The number of carbonyl (C=O) groups excluding carboxylic acids is 1. The van der Waals surface area contributed by atoms with Gasteiger partial charge in [-0.25, -0.2) is 8.42 Å². The van der Waals surface area contributed by atoms with E-state index in [-0.39, 0.29) is 10.8 Å². The quantitative estimate of drug-likeness (QED) is 0.822. The molecule has 0 aliphatic rings. The summed E-state index contributed by atoms with van der Waals surface area (Å²) in [7, 11) is -3.16. The van der Waals surface area contributed by atoms with Crippen molar-refractivity contribution in [1.82, 2.24) is 5.32 Å². The lowest BCUT2D eigenvalue weighted by atomic mass is 10.2. The van der Waals surface area contributed by atoms with E-state index in [9.17, 15) is 13.2 Å². The van der Waals surface area contributed by atoms with Crippen molar-refractivity contribution in [2.75, 3.05) is 6.26 Å². The number of benzene rings is 1. The Morgan fingerprint density at radius 2 is 1.88 bits per heavy atom. The van der Waals surface area contributed by atoms with E-state index in [0.29, 0.717) is 6.54 Å². The molecule has 0 aromatic heterocycles. The molecule has 1 rings (SSSR count). The molecule has 92 valence electrons. The maximum absolute atomic E-state index is 11.2. The Kier molecular flexibility index (Phi) is 4.45. The van der Waals surface area contributed by atoms with Gasteiger partial charge in [0.2, 0.25) is 5.91 Å². The number of hydrogen-bond acceptors (Lipinski definition) is 3. The van der Waals surface area contributed by atoms with Crippen molar-refractivity contribution in [1.29, 1.82) is 0 Å². The number of nitrogens with one attached hydrogen (secondary N) is 1. The zero-order valence-electron chi connectivity index (χ0n) is 9.80. The van der Waals surface area contributed by atoms with Gasteiger partial charge in [-0.15, -0.1) is 0 Å². The summed E-state index contributed by atoms with van der Waals surface area (Å²) in [5, 5.41) is 2.68. The van der Waals surface area contributed by atoms with Crippen LogP contribution >= 0.6 is 0 Å². The van der Waals surface area contributed by atoms with Crippen LogP contribution in [0.3, 0.4) is 0 Å². The highest BCUT2D eigenvalue weighted by atomic mass is 32.2. The molecule has 1 N–H and O–H groups in total. The first-order valence-corrected chi connectivity index (χ1v) is 7.02. The normalized spacial score (nSPS) is 11.6. The number of carbonyl (C=O) groups is 1. The third kappa shape index (κ3) is 4.40. The fourth-order valence-electron chi connectivity index (χ4n) is 1.25. The van der Waals surface area contributed by atoms with Crippen LogP contribution in [0.1, 0.15) is 12.5 Å². The SMILES string of the molecule is C/C=C/C(=O)NCc1ccc(S(C)(=O)=O)cc1. The molecule has 0 radical (unpaired) electrons. The second kappa shape index (κ2) is 5.63. The standard InChI is InChI=1S/C12H15NO3S/c1-3-4-12(14)13-9-10-5-7-11(8-6-10)17(2,15)16/h3-8H,9H2,1-2H3,(H,13,14)/b4-3+. The van der Waals surface area contributed by atoms with Crippen LogP contribution in [0, 0.1) is 0 Å². The van der Waals surface area contributed by atoms with Gasteiger partial charge in [0.05, 0.1) is 4.90 Å². The van der Waals surface area contributed by atoms with Crippen molar-refractivity contribution in [2.45, 2.75) is 18.4 Å². The summed E-state index contributed by atoms with van der Waals surface area (Å²) in [4.78, 5) is 11.4. The number of amides is 1. The second-order valence-corrected chi connectivity index (χ2v) is 5.65. The maximum Gasteiger partial charge on any atom is 0.243 e. The Hall–Kier alpha value is -1.62. The maximum atomic E-state index is 11.2. The van der Waals surface area contributed by atoms with E-state index in [4.69, 9.17) is 0 Å². The molecule has 5 heteroatoms. The number of allylic oxidation sites excluding steroid dienone is 1. The van der Waals surface area contributed by atoms with E-state index in [1.807, 2.05) is 0 Å². The van der Waals surface area contributed by atoms with Crippen molar-refractivity contribution in [3.63, 3.8) is 0 Å². The van der Waals surface area contributed by atoms with Gasteiger partial charge >= 0.3 is 0 Å². The van der Waals surface area contributed by atoms with Crippen LogP contribution in [-0.4, -0.2) is 20.6 Å². The molecule has 0 spiro atoms. The first kappa shape index (κ1) is 13.4. The summed E-state index contributed by atoms with van der Waals surface area (Å²) in [5.41, 5.74) is 0.857. The highest BCUT2D eigenvalue weighted by Gasteiger charge is 2.05. The second-order valence-electron chi connectivity index (χ2n) is 3.63. The summed E-state index contributed by atoms with van der Waals surface area (Å²) in [6.45, 7) is 2.15. The Morgan fingerprint density at radius 3 is 2.35 bits per heavy atom. The van der Waals surface area contributed by atoms with E-state index < -0.39 is 9.84 Å². The molecule has 0 aliphatic heterocycles. The van der Waals surface area contributed by atoms with Crippen LogP contribution in [0.15, 0.2) is 41.3 Å². The van der Waals surface area contributed by atoms with Crippen LogP contribution in [0.2, 0.25) is 0 Å². The summed E-state index contributed by atoms with van der Waals surface area (Å²) < 4.78 is 22.4. The fraction of sp³-hybridized carbons (Fsp3) is 0.250. The third-order valence-electron chi connectivity index (χ3n) is 2.14. The average molecular weight is 253 g/mol. The van der Waals surface area contributed by atoms with E-state index in [2.05, 4.69) is 5.32 Å². The van der Waals surface area contributed by atoms with Gasteiger partial charge in [-0.3, -0.25) is 4.79 Å². The molecule has 0 heterocycles. The van der Waals surface area contributed by atoms with Gasteiger partial charge in [-0.05, 0) is 30.7 Å². The fourth-order valence-corrected chi connectivity index (χ4v) is 1.88. The van der Waals surface area contributed by atoms with E-state index in [1.54, 1.807) is 25.1 Å². The third-order valence-corrected chi connectivity index (χ3v) is 3.26. The van der Waals surface area contributed by atoms with Crippen molar-refractivity contribution in [2.24, 2.45) is 0 Å². The predicted molar refractivity (Wildman–Crippen MR) is 66.2 cm³/mol. The first-order chi connectivity index (χ1) is 7.93. The molecule has 0 atom stereocenters. The summed E-state index contributed by atoms with van der Waals surface area (Å²) in [5.74, 6) is -0.167. The van der Waals surface area contributed by atoms with E-state index in [1.165, 1.54) is 18.2 Å². The Morgan fingerprint density at radius 1 is 1.29 bits per heavy atom. The van der Waals surface area contributed by atoms with E-state index >= 15 is 0 Å². The van der Waals surface area contributed by atoms with Crippen LogP contribution in [-0.2, 0) is 21.2 Å². The smallest absolute Gasteiger partial charge is 0.243 e. The predicted octanol–water partition coefficient (Wildman–Crippen LogP) is 1.28. The molecule has 0 saturated heterocycles. The van der Waals surface area contributed by atoms with Crippen LogP contribution in [0.4, 0.5) is 0 Å². The molecule has 4 nitrogen and oxygen atoms in total. The minimum Gasteiger partial charge on any atom is -0.348 e.